The molecule has 6 N–H and O–H groups in total. The molecule has 408 valence electrons. The minimum Gasteiger partial charge on any atom is -0.282 e. The molecule has 80 heavy (non-hydrogen) atoms. The molecule has 0 amide bonds. The first-order chi connectivity index (χ1) is 37.4. The van der Waals surface area contributed by atoms with Crippen molar-refractivity contribution in [3.05, 3.63) is 156 Å². The van der Waals surface area contributed by atoms with Gasteiger partial charge < -0.3 is 0 Å². The van der Waals surface area contributed by atoms with E-state index in [4.69, 9.17) is 0 Å². The largest absolute Gasteiger partial charge is 0.295 e. The van der Waals surface area contributed by atoms with Crippen molar-refractivity contribution in [2.45, 2.75) is 29.4 Å². The van der Waals surface area contributed by atoms with Gasteiger partial charge in [0, 0.05) is 21.5 Å². The molecule has 0 atom stereocenters. The van der Waals surface area contributed by atoms with Crippen LogP contribution in [0.5, 0.6) is 0 Å². The van der Waals surface area contributed by atoms with Crippen molar-refractivity contribution in [3.8, 4) is 11.4 Å². The van der Waals surface area contributed by atoms with Gasteiger partial charge >= 0.3 is 0 Å². The summed E-state index contributed by atoms with van der Waals surface area (Å²) in [6.45, 7) is 0. The fourth-order valence-corrected chi connectivity index (χ4v) is 12.7. The van der Waals surface area contributed by atoms with Crippen molar-refractivity contribution in [2.75, 3.05) is 0 Å². The van der Waals surface area contributed by atoms with Gasteiger partial charge in [-0.2, -0.15) is 70.3 Å². The van der Waals surface area contributed by atoms with Gasteiger partial charge in [0.05, 0.1) is 22.7 Å². The van der Waals surface area contributed by atoms with Gasteiger partial charge in [0.15, 0.2) is 0 Å². The smallest absolute Gasteiger partial charge is 0.282 e. The molecule has 10 rings (SSSR count). The topological polar surface area (TPSA) is 412 Å². The average molecular weight is 1200 g/mol. The summed E-state index contributed by atoms with van der Waals surface area (Å²) in [5.41, 5.74) is -1.04. The molecule has 26 nitrogen and oxygen atoms in total. The quantitative estimate of drug-likeness (QED) is 0.0345. The molecular weight excluding hydrogens is 1170 g/mol. The first-order valence-electron chi connectivity index (χ1n) is 22.2. The zero-order valence-corrected chi connectivity index (χ0v) is 44.5. The van der Waals surface area contributed by atoms with Gasteiger partial charge in [-0.05, 0) is 82.9 Å². The fraction of sp³-hybridized carbons (Fsp3) is 0. The summed E-state index contributed by atoms with van der Waals surface area (Å²) < 4.78 is 211. The Bertz CT molecular complexity index is 4820. The molecule has 8 aromatic carbocycles. The van der Waals surface area contributed by atoms with Crippen LogP contribution in [0.2, 0.25) is 0 Å². The molecule has 10 aromatic rings. The lowest BCUT2D eigenvalue weighted by Gasteiger charge is -2.08. The van der Waals surface area contributed by atoms with Crippen molar-refractivity contribution in [1.29, 1.82) is 0 Å². The van der Waals surface area contributed by atoms with Gasteiger partial charge in [-0.1, -0.05) is 97.1 Å². The highest BCUT2D eigenvalue weighted by Crippen LogP contribution is 2.34. The summed E-state index contributed by atoms with van der Waals surface area (Å²) in [4.78, 5) is -1.96. The maximum atomic E-state index is 12.7. The van der Waals surface area contributed by atoms with Crippen molar-refractivity contribution in [3.63, 3.8) is 0 Å². The van der Waals surface area contributed by atoms with Crippen LogP contribution in [-0.2, 0) is 60.7 Å². The lowest BCUT2D eigenvalue weighted by Crippen LogP contribution is -2.05. The summed E-state index contributed by atoms with van der Waals surface area (Å²) in [6.07, 6.45) is 4.36. The average Bonchev–Trinajstić information content (AvgIpc) is 4.04. The van der Waals surface area contributed by atoms with E-state index in [-0.39, 0.29) is 88.6 Å². The second-order valence-corrected chi connectivity index (χ2v) is 25.5. The van der Waals surface area contributed by atoms with Crippen LogP contribution in [0.25, 0.3) is 79.3 Å². The Labute approximate surface area is 451 Å². The SMILES string of the molecule is O=S(=O)(O)c1cc(N=Nc2ccc(C=Cc3ccc(-n4nc5cc(S(=O)(=O)O)c6ccccc6c5n4)cc3S(=O)(=O)O)c(S(=O)(=O)O)c2)ccc1C=Cc1ccc(-n2nc3cc(S(=O)(=O)O)c4ccccc4c3n2)cc1S(=O)(=O)O. The van der Waals surface area contributed by atoms with Crippen LogP contribution in [0, 0.1) is 0 Å². The van der Waals surface area contributed by atoms with E-state index in [1.54, 1.807) is 24.3 Å². The number of nitrogens with zero attached hydrogens (tertiary/aromatic N) is 8. The van der Waals surface area contributed by atoms with Crippen LogP contribution in [0.1, 0.15) is 22.3 Å². The highest BCUT2D eigenvalue weighted by molar-refractivity contribution is 7.87. The number of benzene rings is 8. The second kappa shape index (κ2) is 19.8. The van der Waals surface area contributed by atoms with Gasteiger partial charge in [0.1, 0.15) is 51.4 Å². The Balaban J connectivity index is 0.924. The molecule has 0 radical (unpaired) electrons. The molecule has 0 aliphatic heterocycles. The Morgan fingerprint density at radius 1 is 0.325 bits per heavy atom. The number of aromatic nitrogens is 6. The van der Waals surface area contributed by atoms with E-state index in [1.165, 1.54) is 60.7 Å². The van der Waals surface area contributed by atoms with E-state index in [9.17, 15) is 77.8 Å². The zero-order valence-electron chi connectivity index (χ0n) is 39.6. The summed E-state index contributed by atoms with van der Waals surface area (Å²) in [5, 5.41) is 25.9. The minimum atomic E-state index is -5.07. The van der Waals surface area contributed by atoms with Gasteiger partial charge in [-0.3, -0.25) is 27.3 Å². The summed E-state index contributed by atoms with van der Waals surface area (Å²) in [5.74, 6) is 0. The molecule has 32 heteroatoms. The fourth-order valence-electron chi connectivity index (χ4n) is 8.47. The number of hydrogen-bond acceptors (Lipinski definition) is 18. The van der Waals surface area contributed by atoms with E-state index in [2.05, 4.69) is 30.6 Å². The highest BCUT2D eigenvalue weighted by Gasteiger charge is 2.25. The monoisotopic (exact) mass is 1200 g/mol. The highest BCUT2D eigenvalue weighted by atomic mass is 32.2. The molecule has 0 bridgehead atoms. The second-order valence-electron chi connectivity index (χ2n) is 17.2. The molecule has 0 aliphatic rings. The van der Waals surface area contributed by atoms with Crippen molar-refractivity contribution >= 4 is 140 Å². The van der Waals surface area contributed by atoms with Gasteiger partial charge in [0.2, 0.25) is 0 Å². The predicted octanol–water partition coefficient (Wildman–Crippen LogP) is 7.70. The minimum absolute atomic E-state index is 0.00231. The van der Waals surface area contributed by atoms with Crippen LogP contribution in [0.3, 0.4) is 0 Å². The third-order valence-corrected chi connectivity index (χ3v) is 17.4. The Kier molecular flexibility index (Phi) is 13.6. The van der Waals surface area contributed by atoms with Crippen LogP contribution >= 0.6 is 0 Å². The maximum Gasteiger partial charge on any atom is 0.295 e. The van der Waals surface area contributed by atoms with Crippen LogP contribution in [0.15, 0.2) is 173 Å². The van der Waals surface area contributed by atoms with E-state index in [0.29, 0.717) is 0 Å². The Morgan fingerprint density at radius 3 is 0.925 bits per heavy atom. The number of rotatable bonds is 14. The number of azo groups is 1. The number of fused-ring (bicyclic) bond motifs is 6. The van der Waals surface area contributed by atoms with Crippen LogP contribution in [-0.4, -0.2) is 108 Å². The molecule has 0 saturated carbocycles. The molecule has 2 aromatic heterocycles. The van der Waals surface area contributed by atoms with E-state index in [0.717, 1.165) is 82.4 Å². The predicted molar refractivity (Wildman–Crippen MR) is 287 cm³/mol. The lowest BCUT2D eigenvalue weighted by atomic mass is 10.1. The summed E-state index contributed by atoms with van der Waals surface area (Å²) in [6, 6.07) is 27.8. The van der Waals surface area contributed by atoms with Gasteiger partial charge in [-0.15, -0.1) is 20.4 Å². The molecule has 0 saturated heterocycles. The molecule has 0 unspecified atom stereocenters. The van der Waals surface area contributed by atoms with Crippen LogP contribution in [0.4, 0.5) is 11.4 Å². The van der Waals surface area contributed by atoms with Crippen molar-refractivity contribution in [2.24, 2.45) is 10.2 Å². The molecule has 0 fully saturated rings. The molecular formula is C48H32N8O18S6. The van der Waals surface area contributed by atoms with E-state index < -0.39 is 90.1 Å². The van der Waals surface area contributed by atoms with Gasteiger partial charge in [0.25, 0.3) is 60.7 Å². The van der Waals surface area contributed by atoms with Crippen LogP contribution < -0.4 is 0 Å². The molecule has 2 heterocycles. The molecule has 0 aliphatic carbocycles. The summed E-state index contributed by atoms with van der Waals surface area (Å²) in [7, 11) is -29.7. The Morgan fingerprint density at radius 2 is 0.613 bits per heavy atom. The third kappa shape index (κ3) is 11.0. The Hall–Kier alpha value is -8.38. The zero-order chi connectivity index (χ0) is 57.5. The summed E-state index contributed by atoms with van der Waals surface area (Å²) >= 11 is 0. The van der Waals surface area contributed by atoms with Gasteiger partial charge in [-0.25, -0.2) is 0 Å². The first-order valence-corrected chi connectivity index (χ1v) is 30.8. The standard InChI is InChI=1S/C48H32N8O18S6/c57-75(58,59)41-21-31(17-13-27(41)9-11-29-15-19-33(23-43(29)77(63,64)65)55-51-39-25-45(79(69,70)71)35-5-1-3-7-37(35)47(39)53-55)49-50-32-18-14-28(42(22-32)76(60,61)62)10-12-30-16-20-34(24-44(30)78(66,67)68)56-52-40-26-46(80(72,73)74)36-6-2-4-8-38(36)48(40)54-56/h1-26H,(H,57,58,59)(H,60,61,62)(H,63,64,65)(H,66,67,68)(H,69,70,71)(H,72,73,74). The number of hydrogen-bond donors (Lipinski definition) is 6. The first kappa shape index (κ1) is 55.0. The van der Waals surface area contributed by atoms with E-state index in [1.807, 2.05) is 0 Å². The van der Waals surface area contributed by atoms with Crippen molar-refractivity contribution in [1.82, 2.24) is 30.0 Å². The maximum absolute atomic E-state index is 12.7. The third-order valence-electron chi connectivity index (χ3n) is 12.0. The van der Waals surface area contributed by atoms with E-state index >= 15 is 0 Å². The molecule has 0 spiro atoms. The van der Waals surface area contributed by atoms with Crippen molar-refractivity contribution < 1.29 is 77.8 Å². The lowest BCUT2D eigenvalue weighted by molar-refractivity contribution is 0.480. The normalized spacial score (nSPS) is 13.3.